The third kappa shape index (κ3) is 5.38. The molecule has 0 unspecified atom stereocenters. The van der Waals surface area contributed by atoms with Crippen LogP contribution >= 0.6 is 0 Å². The van der Waals surface area contributed by atoms with Crippen molar-refractivity contribution in [1.29, 1.82) is 0 Å². The second-order valence-corrected chi connectivity index (χ2v) is 8.42. The summed E-state index contributed by atoms with van der Waals surface area (Å²) in [5.41, 5.74) is 2.84. The molecule has 0 saturated carbocycles. The molecule has 0 spiro atoms. The summed E-state index contributed by atoms with van der Waals surface area (Å²) in [5.74, 6) is -1.78. The topological polar surface area (TPSA) is 57.8 Å². The number of fused-ring (bicyclic) bond motifs is 1. The van der Waals surface area contributed by atoms with Gasteiger partial charge in [0.25, 0.3) is 0 Å². The molecule has 4 rings (SSSR count). The van der Waals surface area contributed by atoms with Gasteiger partial charge in [-0.05, 0) is 49.6 Å². The highest BCUT2D eigenvalue weighted by Gasteiger charge is 2.28. The summed E-state index contributed by atoms with van der Waals surface area (Å²) in [7, 11) is 1.53. The molecule has 33 heavy (non-hydrogen) atoms. The molecule has 1 aliphatic rings. The van der Waals surface area contributed by atoms with Crippen molar-refractivity contribution in [3.8, 4) is 11.5 Å². The molecule has 1 aromatic heterocycles. The number of anilines is 1. The Labute approximate surface area is 192 Å². The Morgan fingerprint density at radius 3 is 2.76 bits per heavy atom. The number of halogens is 2. The van der Waals surface area contributed by atoms with Gasteiger partial charge in [0.05, 0.1) is 13.7 Å². The number of amides is 2. The first-order chi connectivity index (χ1) is 15.9. The van der Waals surface area contributed by atoms with Crippen molar-refractivity contribution in [2.75, 3.05) is 31.7 Å². The molecule has 1 saturated heterocycles. The van der Waals surface area contributed by atoms with Gasteiger partial charge in [0.15, 0.2) is 11.5 Å². The number of alkyl halides is 2. The number of hydrogen-bond donors (Lipinski definition) is 1. The van der Waals surface area contributed by atoms with Gasteiger partial charge in [-0.2, -0.15) is 0 Å². The van der Waals surface area contributed by atoms with E-state index < -0.39 is 5.92 Å². The quantitative estimate of drug-likeness (QED) is 0.412. The monoisotopic (exact) mass is 457 g/mol. The van der Waals surface area contributed by atoms with E-state index in [1.54, 1.807) is 17.0 Å². The van der Waals surface area contributed by atoms with Crippen molar-refractivity contribution in [1.82, 2.24) is 9.88 Å². The van der Waals surface area contributed by atoms with Crippen molar-refractivity contribution < 1.29 is 23.0 Å². The van der Waals surface area contributed by atoms with Crippen LogP contribution in [0.3, 0.4) is 0 Å². The molecule has 176 valence electrons. The van der Waals surface area contributed by atoms with E-state index in [1.165, 1.54) is 7.11 Å². The van der Waals surface area contributed by atoms with E-state index in [2.05, 4.69) is 4.98 Å². The largest absolute Gasteiger partial charge is 0.493 e. The van der Waals surface area contributed by atoms with Gasteiger partial charge >= 0.3 is 6.03 Å². The first kappa shape index (κ1) is 22.9. The lowest BCUT2D eigenvalue weighted by atomic mass is 10.1. The molecule has 1 fully saturated rings. The van der Waals surface area contributed by atoms with E-state index in [0.29, 0.717) is 36.8 Å². The summed E-state index contributed by atoms with van der Waals surface area (Å²) < 4.78 is 37.2. The second-order valence-electron chi connectivity index (χ2n) is 8.42. The number of ether oxygens (including phenoxy) is 2. The number of aromatic amines is 1. The van der Waals surface area contributed by atoms with Gasteiger partial charge in [-0.1, -0.05) is 12.1 Å². The molecule has 3 aromatic rings. The number of rotatable bonds is 9. The summed E-state index contributed by atoms with van der Waals surface area (Å²) in [5, 5.41) is 1.11. The minimum absolute atomic E-state index is 0.0736. The highest BCUT2D eigenvalue weighted by Crippen LogP contribution is 2.34. The number of hydrogen-bond acceptors (Lipinski definition) is 3. The van der Waals surface area contributed by atoms with Crippen LogP contribution in [0.2, 0.25) is 0 Å². The molecule has 2 heterocycles. The van der Waals surface area contributed by atoms with E-state index in [1.807, 2.05) is 41.4 Å². The SMILES string of the molecule is COc1ccc(N2CCCN(Cc3cccc4[nH]ccc34)C2=O)cc1OCCCC(C)(F)F. The van der Waals surface area contributed by atoms with Crippen LogP contribution < -0.4 is 14.4 Å². The van der Waals surface area contributed by atoms with Crippen molar-refractivity contribution in [2.45, 2.75) is 38.7 Å². The van der Waals surface area contributed by atoms with Crippen molar-refractivity contribution in [2.24, 2.45) is 0 Å². The lowest BCUT2D eigenvalue weighted by molar-refractivity contribution is 0.00763. The highest BCUT2D eigenvalue weighted by atomic mass is 19.3. The Morgan fingerprint density at radius 1 is 1.12 bits per heavy atom. The van der Waals surface area contributed by atoms with Gasteiger partial charge in [0, 0.05) is 54.9 Å². The number of urea groups is 1. The van der Waals surface area contributed by atoms with Gasteiger partial charge in [-0.15, -0.1) is 0 Å². The molecular weight excluding hydrogens is 428 g/mol. The van der Waals surface area contributed by atoms with Crippen molar-refractivity contribution >= 4 is 22.6 Å². The van der Waals surface area contributed by atoms with Crippen LogP contribution in [0, 0.1) is 0 Å². The predicted octanol–water partition coefficient (Wildman–Crippen LogP) is 5.82. The zero-order valence-corrected chi connectivity index (χ0v) is 18.9. The Kier molecular flexibility index (Phi) is 6.72. The molecule has 0 aliphatic carbocycles. The number of benzene rings is 2. The molecule has 1 N–H and O–H groups in total. The number of carbonyl (C=O) groups excluding carboxylic acids is 1. The van der Waals surface area contributed by atoms with Crippen LogP contribution in [0.4, 0.5) is 19.3 Å². The van der Waals surface area contributed by atoms with Crippen LogP contribution in [0.5, 0.6) is 11.5 Å². The Balaban J connectivity index is 1.48. The Bertz CT molecular complexity index is 1110. The number of nitrogens with zero attached hydrogens (tertiary/aromatic N) is 2. The maximum Gasteiger partial charge on any atom is 0.324 e. The normalized spacial score (nSPS) is 14.7. The number of carbonyl (C=O) groups is 1. The summed E-state index contributed by atoms with van der Waals surface area (Å²) in [6.45, 7) is 2.84. The fourth-order valence-corrected chi connectivity index (χ4v) is 4.17. The molecule has 8 heteroatoms. The highest BCUT2D eigenvalue weighted by molar-refractivity contribution is 5.93. The second kappa shape index (κ2) is 9.68. The Hall–Kier alpha value is -3.29. The fourth-order valence-electron chi connectivity index (χ4n) is 4.17. The Morgan fingerprint density at radius 2 is 1.97 bits per heavy atom. The molecule has 0 radical (unpaired) electrons. The third-order valence-electron chi connectivity index (χ3n) is 5.83. The van der Waals surface area contributed by atoms with Crippen molar-refractivity contribution in [3.63, 3.8) is 0 Å². The summed E-state index contributed by atoms with van der Waals surface area (Å²) >= 11 is 0. The smallest absolute Gasteiger partial charge is 0.324 e. The first-order valence-electron chi connectivity index (χ1n) is 11.2. The van der Waals surface area contributed by atoms with E-state index in [9.17, 15) is 13.6 Å². The van der Waals surface area contributed by atoms with Crippen LogP contribution in [-0.4, -0.2) is 48.6 Å². The van der Waals surface area contributed by atoms with Gasteiger partial charge in [-0.25, -0.2) is 13.6 Å². The minimum Gasteiger partial charge on any atom is -0.493 e. The average molecular weight is 458 g/mol. The maximum absolute atomic E-state index is 13.3. The molecule has 2 amide bonds. The van der Waals surface area contributed by atoms with Crippen molar-refractivity contribution in [3.05, 3.63) is 54.2 Å². The molecule has 0 bridgehead atoms. The number of nitrogens with one attached hydrogen (secondary N) is 1. The molecular formula is C25H29F2N3O3. The summed E-state index contributed by atoms with van der Waals surface area (Å²) in [4.78, 5) is 20.1. The minimum atomic E-state index is -2.72. The number of H-pyrrole nitrogens is 1. The lowest BCUT2D eigenvalue weighted by Crippen LogP contribution is -2.49. The first-order valence-corrected chi connectivity index (χ1v) is 11.2. The third-order valence-corrected chi connectivity index (χ3v) is 5.83. The van der Waals surface area contributed by atoms with E-state index >= 15 is 0 Å². The molecule has 1 aliphatic heterocycles. The van der Waals surface area contributed by atoms with Crippen LogP contribution in [0.15, 0.2) is 48.7 Å². The van der Waals surface area contributed by atoms with E-state index in [0.717, 1.165) is 29.8 Å². The van der Waals surface area contributed by atoms with Gasteiger partial charge < -0.3 is 19.4 Å². The molecule has 2 aromatic carbocycles. The van der Waals surface area contributed by atoms with Crippen LogP contribution in [0.1, 0.15) is 31.7 Å². The zero-order valence-electron chi connectivity index (χ0n) is 18.9. The van der Waals surface area contributed by atoms with E-state index in [4.69, 9.17) is 9.47 Å². The fraction of sp³-hybridized carbons (Fsp3) is 0.400. The zero-order chi connectivity index (χ0) is 23.4. The molecule has 0 atom stereocenters. The van der Waals surface area contributed by atoms with Gasteiger partial charge in [-0.3, -0.25) is 4.90 Å². The van der Waals surface area contributed by atoms with Crippen LogP contribution in [-0.2, 0) is 6.54 Å². The van der Waals surface area contributed by atoms with Gasteiger partial charge in [0.2, 0.25) is 5.92 Å². The predicted molar refractivity (Wildman–Crippen MR) is 124 cm³/mol. The molecule has 6 nitrogen and oxygen atoms in total. The average Bonchev–Trinajstić information content (AvgIpc) is 3.27. The lowest BCUT2D eigenvalue weighted by Gasteiger charge is -2.36. The van der Waals surface area contributed by atoms with Gasteiger partial charge in [0.1, 0.15) is 0 Å². The number of aromatic nitrogens is 1. The summed E-state index contributed by atoms with van der Waals surface area (Å²) in [6.07, 6.45) is 2.71. The summed E-state index contributed by atoms with van der Waals surface area (Å²) in [6, 6.07) is 13.3. The maximum atomic E-state index is 13.3. The number of methoxy groups -OCH3 is 1. The van der Waals surface area contributed by atoms with Crippen LogP contribution in [0.25, 0.3) is 10.9 Å². The standard InChI is InChI=1S/C25H29F2N3O3/c1-25(26,27)11-4-15-33-23-16-19(8-9-22(23)32-2)30-14-5-13-29(24(30)31)17-18-6-3-7-21-20(18)10-12-28-21/h3,6-10,12,16,28H,4-5,11,13-15,17H2,1-2H3. The van der Waals surface area contributed by atoms with E-state index in [-0.39, 0.29) is 25.5 Å².